The van der Waals surface area contributed by atoms with Crippen LogP contribution in [0.25, 0.3) is 0 Å². The zero-order valence-electron chi connectivity index (χ0n) is 10.8. The highest BCUT2D eigenvalue weighted by Gasteiger charge is 2.15. The first-order valence-electron chi connectivity index (χ1n) is 5.81. The lowest BCUT2D eigenvalue weighted by atomic mass is 10.1. The number of alkyl carbamates (subject to hydrolysis) is 1. The van der Waals surface area contributed by atoms with Crippen LogP contribution < -0.4 is 11.1 Å². The van der Waals surface area contributed by atoms with Gasteiger partial charge in [0.2, 0.25) is 0 Å². The molecule has 0 saturated carbocycles. The summed E-state index contributed by atoms with van der Waals surface area (Å²) in [5, 5.41) is 20.1. The number of ether oxygens (including phenoxy) is 1. The van der Waals surface area contributed by atoms with Crippen LogP contribution in [-0.2, 0) is 4.74 Å². The maximum atomic E-state index is 11.2. The van der Waals surface area contributed by atoms with E-state index < -0.39 is 24.0 Å². The predicted octanol–water partition coefficient (Wildman–Crippen LogP) is 0.319. The van der Waals surface area contributed by atoms with Crippen molar-refractivity contribution in [2.24, 2.45) is 5.73 Å². The Morgan fingerprint density at radius 2 is 1.94 bits per heavy atom. The number of carbonyl (C=O) groups is 1. The maximum absolute atomic E-state index is 11.2. The highest BCUT2D eigenvalue weighted by Crippen LogP contribution is 2.06. The van der Waals surface area contributed by atoms with Gasteiger partial charge in [0.1, 0.15) is 5.60 Å². The van der Waals surface area contributed by atoms with Crippen LogP contribution in [0.4, 0.5) is 4.79 Å². The molecule has 0 saturated heterocycles. The van der Waals surface area contributed by atoms with Gasteiger partial charge in [-0.1, -0.05) is 0 Å². The minimum Gasteiger partial charge on any atom is -0.444 e. The minimum atomic E-state index is -1.48. The fourth-order valence-corrected chi connectivity index (χ4v) is 1.16. The summed E-state index contributed by atoms with van der Waals surface area (Å²) in [7, 11) is 0. The summed E-state index contributed by atoms with van der Waals surface area (Å²) in [6, 6.07) is -0.628. The second-order valence-corrected chi connectivity index (χ2v) is 5.00. The molecule has 1 atom stereocenters. The Hall–Kier alpha value is -0.850. The fraction of sp³-hybridized carbons (Fsp3) is 0.909. The van der Waals surface area contributed by atoms with Gasteiger partial charge in [0, 0.05) is 6.54 Å². The molecule has 0 bridgehead atoms. The Kier molecular flexibility index (Phi) is 7.10. The Morgan fingerprint density at radius 1 is 1.35 bits per heavy atom. The average molecular weight is 248 g/mol. The minimum absolute atomic E-state index is 0.441. The highest BCUT2D eigenvalue weighted by atomic mass is 16.6. The zero-order valence-corrected chi connectivity index (χ0v) is 10.8. The molecule has 0 aliphatic rings. The second kappa shape index (κ2) is 7.47. The maximum Gasteiger partial charge on any atom is 0.407 e. The van der Waals surface area contributed by atoms with E-state index in [-0.39, 0.29) is 0 Å². The van der Waals surface area contributed by atoms with Crippen molar-refractivity contribution in [3.8, 4) is 0 Å². The van der Waals surface area contributed by atoms with Crippen molar-refractivity contribution in [2.75, 3.05) is 6.54 Å². The summed E-state index contributed by atoms with van der Waals surface area (Å²) in [6.45, 7) is 5.89. The molecule has 0 aromatic rings. The van der Waals surface area contributed by atoms with E-state index in [2.05, 4.69) is 5.32 Å². The van der Waals surface area contributed by atoms with E-state index >= 15 is 0 Å². The van der Waals surface area contributed by atoms with E-state index in [1.165, 1.54) is 0 Å². The number of aliphatic hydroxyl groups is 2. The molecule has 1 amide bonds. The van der Waals surface area contributed by atoms with E-state index in [1.807, 2.05) is 0 Å². The quantitative estimate of drug-likeness (QED) is 0.400. The Labute approximate surface area is 102 Å². The van der Waals surface area contributed by atoms with E-state index in [4.69, 9.17) is 20.7 Å². The largest absolute Gasteiger partial charge is 0.444 e. The third kappa shape index (κ3) is 10.0. The van der Waals surface area contributed by atoms with Crippen molar-refractivity contribution in [2.45, 2.75) is 58.0 Å². The molecule has 0 rings (SSSR count). The van der Waals surface area contributed by atoms with Gasteiger partial charge >= 0.3 is 6.09 Å². The fourth-order valence-electron chi connectivity index (χ4n) is 1.16. The van der Waals surface area contributed by atoms with Crippen LogP contribution >= 0.6 is 0 Å². The molecule has 0 radical (unpaired) electrons. The monoisotopic (exact) mass is 248 g/mol. The third-order valence-corrected chi connectivity index (χ3v) is 2.02. The van der Waals surface area contributed by atoms with Crippen LogP contribution in [-0.4, -0.2) is 40.8 Å². The van der Waals surface area contributed by atoms with Gasteiger partial charge in [0.15, 0.2) is 6.29 Å². The molecule has 0 spiro atoms. The van der Waals surface area contributed by atoms with Crippen molar-refractivity contribution < 1.29 is 19.7 Å². The van der Waals surface area contributed by atoms with Gasteiger partial charge in [-0.05, 0) is 40.0 Å². The predicted molar refractivity (Wildman–Crippen MR) is 64.3 cm³/mol. The number of rotatable bonds is 6. The number of aliphatic hydroxyl groups excluding tert-OH is 1. The smallest absolute Gasteiger partial charge is 0.407 e. The summed E-state index contributed by atoms with van der Waals surface area (Å²) in [5.74, 6) is 0. The molecule has 5 N–H and O–H groups in total. The summed E-state index contributed by atoms with van der Waals surface area (Å²) in [6.07, 6.45) is 0.0276. The van der Waals surface area contributed by atoms with Gasteiger partial charge in [-0.3, -0.25) is 0 Å². The number of unbranched alkanes of at least 4 members (excludes halogenated alkanes) is 1. The van der Waals surface area contributed by atoms with E-state index in [0.717, 1.165) is 6.42 Å². The number of hydrogen-bond donors (Lipinski definition) is 4. The van der Waals surface area contributed by atoms with Crippen LogP contribution in [0.3, 0.4) is 0 Å². The summed E-state index contributed by atoms with van der Waals surface area (Å²) < 4.78 is 5.05. The van der Waals surface area contributed by atoms with E-state index in [1.54, 1.807) is 20.8 Å². The lowest BCUT2D eigenvalue weighted by Crippen LogP contribution is -2.35. The highest BCUT2D eigenvalue weighted by molar-refractivity contribution is 5.67. The lowest BCUT2D eigenvalue weighted by Gasteiger charge is -2.19. The van der Waals surface area contributed by atoms with Gasteiger partial charge in [-0.15, -0.1) is 0 Å². The molecule has 17 heavy (non-hydrogen) atoms. The number of carbonyl (C=O) groups excluding carboxylic acids is 1. The summed E-state index contributed by atoms with van der Waals surface area (Å²) in [5.41, 5.74) is 4.94. The van der Waals surface area contributed by atoms with Crippen LogP contribution in [0.1, 0.15) is 40.0 Å². The Bertz CT molecular complexity index is 226. The van der Waals surface area contributed by atoms with Gasteiger partial charge < -0.3 is 26.0 Å². The summed E-state index contributed by atoms with van der Waals surface area (Å²) >= 11 is 0. The van der Waals surface area contributed by atoms with Crippen molar-refractivity contribution in [3.05, 3.63) is 0 Å². The van der Waals surface area contributed by atoms with E-state index in [0.29, 0.717) is 19.4 Å². The lowest BCUT2D eigenvalue weighted by molar-refractivity contribution is -0.0599. The molecule has 0 aromatic carbocycles. The number of nitrogens with two attached hydrogens (primary N) is 1. The number of nitrogens with one attached hydrogen (secondary N) is 1. The summed E-state index contributed by atoms with van der Waals surface area (Å²) in [4.78, 5) is 11.2. The molecule has 0 unspecified atom stereocenters. The first-order chi connectivity index (χ1) is 7.72. The number of hydrogen-bond acceptors (Lipinski definition) is 5. The van der Waals surface area contributed by atoms with Crippen molar-refractivity contribution >= 4 is 6.09 Å². The molecule has 6 heteroatoms. The second-order valence-electron chi connectivity index (χ2n) is 5.00. The van der Waals surface area contributed by atoms with E-state index in [9.17, 15) is 4.79 Å². The van der Waals surface area contributed by atoms with Crippen LogP contribution in [0.2, 0.25) is 0 Å². The molecular formula is C11H24N2O4. The van der Waals surface area contributed by atoms with Crippen molar-refractivity contribution in [1.29, 1.82) is 0 Å². The molecule has 0 heterocycles. The van der Waals surface area contributed by atoms with Gasteiger partial charge in [-0.2, -0.15) is 0 Å². The van der Waals surface area contributed by atoms with Crippen LogP contribution in [0.15, 0.2) is 0 Å². The average Bonchev–Trinajstić information content (AvgIpc) is 2.13. The normalized spacial score (nSPS) is 13.6. The van der Waals surface area contributed by atoms with Crippen LogP contribution in [0, 0.1) is 0 Å². The SMILES string of the molecule is CC(C)(C)OC(=O)NCCCC[C@H](N)C(O)O. The zero-order chi connectivity index (χ0) is 13.5. The topological polar surface area (TPSA) is 105 Å². The standard InChI is InChI=1S/C11H24N2O4/c1-11(2,3)17-10(16)13-7-5-4-6-8(12)9(14)15/h8-9,14-15H,4-7,12H2,1-3H3,(H,13,16)/t8-/m0/s1. The molecule has 6 nitrogen and oxygen atoms in total. The Morgan fingerprint density at radius 3 is 2.41 bits per heavy atom. The van der Waals surface area contributed by atoms with Gasteiger partial charge in [0.25, 0.3) is 0 Å². The molecule has 0 fully saturated rings. The van der Waals surface area contributed by atoms with Crippen molar-refractivity contribution in [1.82, 2.24) is 5.32 Å². The van der Waals surface area contributed by atoms with Gasteiger partial charge in [0.05, 0.1) is 6.04 Å². The number of amides is 1. The third-order valence-electron chi connectivity index (χ3n) is 2.02. The first kappa shape index (κ1) is 16.1. The van der Waals surface area contributed by atoms with Crippen LogP contribution in [0.5, 0.6) is 0 Å². The first-order valence-corrected chi connectivity index (χ1v) is 5.81. The molecule has 102 valence electrons. The Balaban J connectivity index is 3.49. The molecule has 0 aliphatic heterocycles. The molecule has 0 aromatic heterocycles. The van der Waals surface area contributed by atoms with Crippen molar-refractivity contribution in [3.63, 3.8) is 0 Å². The molecule has 0 aliphatic carbocycles. The molecular weight excluding hydrogens is 224 g/mol. The van der Waals surface area contributed by atoms with Gasteiger partial charge in [-0.25, -0.2) is 4.79 Å².